The highest BCUT2D eigenvalue weighted by atomic mass is 19.1. The SMILES string of the molecule is C=C[C@]1(C)C[C@@H](OC(=O)CNC(=O)NC(=O)c2cccc(F)c2)[C@]2(C)[C@H](C)CC[C@]3(CCC(=O)[C@H]32)[C@@H](C)[C@@H]1O. The second-order valence-electron chi connectivity index (χ2n) is 12.2. The van der Waals surface area contributed by atoms with Gasteiger partial charge in [-0.2, -0.15) is 0 Å². The predicted molar refractivity (Wildman–Crippen MR) is 142 cm³/mol. The maximum Gasteiger partial charge on any atom is 0.325 e. The molecular weight excluding hydrogens is 503 g/mol. The van der Waals surface area contributed by atoms with Crippen molar-refractivity contribution in [2.75, 3.05) is 6.54 Å². The monoisotopic (exact) mass is 542 g/mol. The molecule has 4 rings (SSSR count). The zero-order valence-corrected chi connectivity index (χ0v) is 23.1. The summed E-state index contributed by atoms with van der Waals surface area (Å²) in [5, 5.41) is 16.0. The number of benzene rings is 1. The van der Waals surface area contributed by atoms with Gasteiger partial charge in [0, 0.05) is 28.7 Å². The van der Waals surface area contributed by atoms with Gasteiger partial charge in [0.15, 0.2) is 0 Å². The Morgan fingerprint density at radius 2 is 1.95 bits per heavy atom. The maximum atomic E-state index is 13.4. The van der Waals surface area contributed by atoms with E-state index >= 15 is 0 Å². The van der Waals surface area contributed by atoms with E-state index in [1.807, 2.05) is 20.8 Å². The summed E-state index contributed by atoms with van der Waals surface area (Å²) < 4.78 is 19.4. The summed E-state index contributed by atoms with van der Waals surface area (Å²) in [6.45, 7) is 11.5. The van der Waals surface area contributed by atoms with Gasteiger partial charge in [-0.3, -0.25) is 19.7 Å². The Labute approximate surface area is 228 Å². The molecule has 3 fully saturated rings. The molecular formula is C30H39FN2O6. The van der Waals surface area contributed by atoms with E-state index in [4.69, 9.17) is 4.74 Å². The first-order valence-electron chi connectivity index (χ1n) is 13.7. The van der Waals surface area contributed by atoms with Crippen molar-refractivity contribution in [3.63, 3.8) is 0 Å². The smallest absolute Gasteiger partial charge is 0.325 e. The molecule has 1 aromatic carbocycles. The quantitative estimate of drug-likeness (QED) is 0.379. The number of nitrogens with one attached hydrogen (secondary N) is 2. The van der Waals surface area contributed by atoms with E-state index in [2.05, 4.69) is 24.1 Å². The Balaban J connectivity index is 1.54. The minimum absolute atomic E-state index is 0.0392. The lowest BCUT2D eigenvalue weighted by molar-refractivity contribution is -0.206. The highest BCUT2D eigenvalue weighted by Crippen LogP contribution is 2.67. The minimum Gasteiger partial charge on any atom is -0.460 e. The lowest BCUT2D eigenvalue weighted by Crippen LogP contribution is -2.63. The molecule has 8 nitrogen and oxygen atoms in total. The Bertz CT molecular complexity index is 1190. The summed E-state index contributed by atoms with van der Waals surface area (Å²) >= 11 is 0. The molecule has 3 saturated carbocycles. The van der Waals surface area contributed by atoms with Crippen molar-refractivity contribution in [3.8, 4) is 0 Å². The normalized spacial score (nSPS) is 37.6. The van der Waals surface area contributed by atoms with Crippen LogP contribution in [0.15, 0.2) is 36.9 Å². The maximum absolute atomic E-state index is 13.4. The molecule has 0 radical (unpaired) electrons. The molecule has 3 aliphatic rings. The number of halogens is 1. The van der Waals surface area contributed by atoms with Gasteiger partial charge in [-0.15, -0.1) is 6.58 Å². The van der Waals surface area contributed by atoms with Crippen LogP contribution in [0.25, 0.3) is 0 Å². The predicted octanol–water partition coefficient (Wildman–Crippen LogP) is 4.17. The number of rotatable bonds is 5. The van der Waals surface area contributed by atoms with Crippen LogP contribution in [0.2, 0.25) is 0 Å². The topological polar surface area (TPSA) is 122 Å². The average Bonchev–Trinajstić information content (AvgIpc) is 3.26. The van der Waals surface area contributed by atoms with Crippen molar-refractivity contribution in [3.05, 3.63) is 48.3 Å². The average molecular weight is 543 g/mol. The third kappa shape index (κ3) is 4.90. The van der Waals surface area contributed by atoms with Crippen LogP contribution < -0.4 is 10.6 Å². The van der Waals surface area contributed by atoms with Gasteiger partial charge in [-0.25, -0.2) is 9.18 Å². The summed E-state index contributed by atoms with van der Waals surface area (Å²) in [5.41, 5.74) is -1.87. The number of carbonyl (C=O) groups excluding carboxylic acids is 4. The van der Waals surface area contributed by atoms with E-state index in [0.29, 0.717) is 12.8 Å². The number of ether oxygens (including phenoxy) is 1. The number of esters is 1. The van der Waals surface area contributed by atoms with E-state index in [1.54, 1.807) is 6.08 Å². The third-order valence-corrected chi connectivity index (χ3v) is 10.3. The van der Waals surface area contributed by atoms with Crippen molar-refractivity contribution < 1.29 is 33.4 Å². The number of hydrogen-bond donors (Lipinski definition) is 3. The van der Waals surface area contributed by atoms with E-state index in [-0.39, 0.29) is 40.9 Å². The van der Waals surface area contributed by atoms with Crippen molar-refractivity contribution in [2.24, 2.45) is 34.0 Å². The summed E-state index contributed by atoms with van der Waals surface area (Å²) in [6, 6.07) is 3.95. The zero-order valence-electron chi connectivity index (χ0n) is 23.1. The van der Waals surface area contributed by atoms with Crippen molar-refractivity contribution >= 4 is 23.7 Å². The molecule has 0 saturated heterocycles. The third-order valence-electron chi connectivity index (χ3n) is 10.3. The molecule has 212 valence electrons. The molecule has 3 amide bonds. The lowest BCUT2D eigenvalue weighted by atomic mass is 9.44. The summed E-state index contributed by atoms with van der Waals surface area (Å²) in [5.74, 6) is -2.42. The van der Waals surface area contributed by atoms with Crippen molar-refractivity contribution in [2.45, 2.75) is 72.0 Å². The van der Waals surface area contributed by atoms with Crippen LogP contribution >= 0.6 is 0 Å². The molecule has 8 atom stereocenters. The number of aliphatic hydroxyl groups is 1. The van der Waals surface area contributed by atoms with Gasteiger partial charge >= 0.3 is 12.0 Å². The highest BCUT2D eigenvalue weighted by Gasteiger charge is 2.68. The number of imide groups is 1. The fourth-order valence-corrected chi connectivity index (χ4v) is 7.70. The number of aliphatic hydroxyl groups excluding tert-OH is 1. The largest absolute Gasteiger partial charge is 0.460 e. The van der Waals surface area contributed by atoms with Crippen LogP contribution in [0.4, 0.5) is 9.18 Å². The first-order chi connectivity index (χ1) is 18.3. The minimum atomic E-state index is -0.929. The summed E-state index contributed by atoms with van der Waals surface area (Å²) in [4.78, 5) is 51.0. The van der Waals surface area contributed by atoms with Gasteiger partial charge in [0.2, 0.25) is 0 Å². The van der Waals surface area contributed by atoms with E-state index in [0.717, 1.165) is 18.9 Å². The van der Waals surface area contributed by atoms with Gasteiger partial charge in [0.05, 0.1) is 6.10 Å². The van der Waals surface area contributed by atoms with Gasteiger partial charge in [0.1, 0.15) is 24.2 Å². The molecule has 39 heavy (non-hydrogen) atoms. The number of ketones is 1. The molecule has 9 heteroatoms. The molecule has 0 aromatic heterocycles. The Hall–Kier alpha value is -3.07. The first kappa shape index (κ1) is 28.9. The second-order valence-corrected chi connectivity index (χ2v) is 12.2. The first-order valence-corrected chi connectivity index (χ1v) is 13.7. The Morgan fingerprint density at radius 3 is 2.62 bits per heavy atom. The van der Waals surface area contributed by atoms with Crippen molar-refractivity contribution in [1.82, 2.24) is 10.6 Å². The van der Waals surface area contributed by atoms with Crippen LogP contribution in [0, 0.1) is 39.8 Å². The molecule has 0 aliphatic heterocycles. The lowest BCUT2D eigenvalue weighted by Gasteiger charge is -2.61. The molecule has 1 aromatic rings. The Morgan fingerprint density at radius 1 is 1.23 bits per heavy atom. The standard InChI is InChI=1S/C30H39FN2O6/c1-6-28(4)15-22(39-23(35)16-32-27(38)33-26(37)19-8-7-9-20(31)14-19)29(5)17(2)10-12-30(18(3)25(28)36)13-11-21(34)24(29)30/h6-9,14,17-18,22,24-25,36H,1,10-13,15-16H2,2-5H3,(H2,32,33,37,38)/t17-,18+,22-,24+,25+,28-,29+,30+/m1/s1. The second kappa shape index (κ2) is 10.5. The molecule has 0 unspecified atom stereocenters. The number of Topliss-reactive ketones (excluding diaryl/α,β-unsaturated/α-hetero) is 1. The van der Waals surface area contributed by atoms with E-state index < -0.39 is 53.3 Å². The van der Waals surface area contributed by atoms with Gasteiger partial charge in [-0.05, 0) is 61.1 Å². The van der Waals surface area contributed by atoms with Crippen LogP contribution in [0.1, 0.15) is 70.2 Å². The summed E-state index contributed by atoms with van der Waals surface area (Å²) in [7, 11) is 0. The molecule has 2 bridgehead atoms. The van der Waals surface area contributed by atoms with Gasteiger partial charge < -0.3 is 15.2 Å². The van der Waals surface area contributed by atoms with E-state index in [1.165, 1.54) is 18.2 Å². The number of amides is 3. The van der Waals surface area contributed by atoms with Crippen LogP contribution in [-0.2, 0) is 14.3 Å². The molecule has 3 N–H and O–H groups in total. The van der Waals surface area contributed by atoms with Crippen LogP contribution in [-0.4, -0.2) is 47.6 Å². The zero-order chi connectivity index (χ0) is 28.8. The summed E-state index contributed by atoms with van der Waals surface area (Å²) in [6.07, 6.45) is 3.32. The van der Waals surface area contributed by atoms with Gasteiger partial charge in [0.25, 0.3) is 5.91 Å². The Kier molecular flexibility index (Phi) is 7.78. The highest BCUT2D eigenvalue weighted by molar-refractivity contribution is 6.04. The number of carbonyl (C=O) groups is 4. The van der Waals surface area contributed by atoms with Crippen LogP contribution in [0.5, 0.6) is 0 Å². The number of hydrogen-bond acceptors (Lipinski definition) is 6. The molecule has 0 spiro atoms. The van der Waals surface area contributed by atoms with Crippen molar-refractivity contribution in [1.29, 1.82) is 0 Å². The molecule has 0 heterocycles. The fraction of sp³-hybridized carbons (Fsp3) is 0.600. The van der Waals surface area contributed by atoms with Crippen LogP contribution in [0.3, 0.4) is 0 Å². The van der Waals surface area contributed by atoms with E-state index in [9.17, 15) is 28.7 Å². The van der Waals surface area contributed by atoms with Gasteiger partial charge in [-0.1, -0.05) is 39.8 Å². The molecule has 3 aliphatic carbocycles. The number of urea groups is 1. The fourth-order valence-electron chi connectivity index (χ4n) is 7.70.